The minimum Gasteiger partial charge on any atom is -0.361 e. The van der Waals surface area contributed by atoms with Crippen LogP contribution in [0.1, 0.15) is 11.1 Å². The summed E-state index contributed by atoms with van der Waals surface area (Å²) in [5.74, 6) is -0.291. The molecule has 0 fully saturated rings. The summed E-state index contributed by atoms with van der Waals surface area (Å²) in [5, 5.41) is 5.44. The Labute approximate surface area is 124 Å². The van der Waals surface area contributed by atoms with Crippen molar-refractivity contribution in [2.45, 2.75) is 6.18 Å². The molecule has 0 spiro atoms. The summed E-state index contributed by atoms with van der Waals surface area (Å²) in [7, 11) is 0. The topological polar surface area (TPSA) is 41.1 Å². The fourth-order valence-corrected chi connectivity index (χ4v) is 2.22. The van der Waals surface area contributed by atoms with Crippen LogP contribution in [-0.4, -0.2) is 5.91 Å². The summed E-state index contributed by atoms with van der Waals surface area (Å²) in [4.78, 5) is 11.9. The molecule has 1 aliphatic heterocycles. The van der Waals surface area contributed by atoms with Crippen molar-refractivity contribution >= 4 is 22.9 Å². The minimum atomic E-state index is -4.40. The molecule has 2 aromatic rings. The van der Waals surface area contributed by atoms with Crippen LogP contribution in [0.2, 0.25) is 0 Å². The Morgan fingerprint density at radius 2 is 1.82 bits per heavy atom. The van der Waals surface area contributed by atoms with Crippen molar-refractivity contribution in [3.63, 3.8) is 0 Å². The van der Waals surface area contributed by atoms with Crippen molar-refractivity contribution in [2.24, 2.45) is 0 Å². The van der Waals surface area contributed by atoms with Gasteiger partial charge in [-0.3, -0.25) is 4.79 Å². The Balaban J connectivity index is 1.88. The van der Waals surface area contributed by atoms with Crippen LogP contribution in [0.3, 0.4) is 0 Å². The molecule has 0 radical (unpaired) electrons. The number of hydrogen-bond acceptors (Lipinski definition) is 2. The number of benzene rings is 2. The number of amides is 1. The smallest absolute Gasteiger partial charge is 0.361 e. The SMILES string of the molecule is O=C1Nc2ccccc2/C1=C\Nc1cccc(C(F)(F)F)c1. The van der Waals surface area contributed by atoms with Gasteiger partial charge in [0.25, 0.3) is 5.91 Å². The van der Waals surface area contributed by atoms with E-state index in [0.29, 0.717) is 16.8 Å². The number of carbonyl (C=O) groups excluding carboxylic acids is 1. The largest absolute Gasteiger partial charge is 0.416 e. The standard InChI is InChI=1S/C16H11F3N2O/c17-16(18,19)10-4-3-5-11(8-10)20-9-13-12-6-1-2-7-14(12)21-15(13)22/h1-9,20H,(H,21,22)/b13-9+. The lowest BCUT2D eigenvalue weighted by molar-refractivity contribution is -0.137. The Morgan fingerprint density at radius 3 is 2.59 bits per heavy atom. The molecule has 2 aromatic carbocycles. The highest BCUT2D eigenvalue weighted by molar-refractivity contribution is 6.31. The number of nitrogens with one attached hydrogen (secondary N) is 2. The van der Waals surface area contributed by atoms with E-state index in [1.165, 1.54) is 18.3 Å². The Hall–Kier alpha value is -2.76. The number of hydrogen-bond donors (Lipinski definition) is 2. The zero-order valence-electron chi connectivity index (χ0n) is 11.2. The molecular weight excluding hydrogens is 293 g/mol. The second-order valence-corrected chi connectivity index (χ2v) is 4.78. The van der Waals surface area contributed by atoms with Gasteiger partial charge >= 0.3 is 6.18 Å². The van der Waals surface area contributed by atoms with Gasteiger partial charge in [0.05, 0.1) is 11.1 Å². The maximum Gasteiger partial charge on any atom is 0.416 e. The second kappa shape index (κ2) is 5.22. The van der Waals surface area contributed by atoms with E-state index in [9.17, 15) is 18.0 Å². The van der Waals surface area contributed by atoms with Gasteiger partial charge in [-0.2, -0.15) is 13.2 Å². The first-order valence-corrected chi connectivity index (χ1v) is 6.50. The molecule has 0 atom stereocenters. The van der Waals surface area contributed by atoms with E-state index in [4.69, 9.17) is 0 Å². The lowest BCUT2D eigenvalue weighted by Crippen LogP contribution is -2.06. The first-order valence-electron chi connectivity index (χ1n) is 6.50. The van der Waals surface area contributed by atoms with E-state index >= 15 is 0 Å². The average Bonchev–Trinajstić information content (AvgIpc) is 2.80. The fraction of sp³-hybridized carbons (Fsp3) is 0.0625. The lowest BCUT2D eigenvalue weighted by Gasteiger charge is -2.08. The van der Waals surface area contributed by atoms with E-state index < -0.39 is 11.7 Å². The van der Waals surface area contributed by atoms with E-state index in [2.05, 4.69) is 10.6 Å². The highest BCUT2D eigenvalue weighted by atomic mass is 19.4. The average molecular weight is 304 g/mol. The van der Waals surface area contributed by atoms with Crippen LogP contribution in [0.25, 0.3) is 5.57 Å². The van der Waals surface area contributed by atoms with Crippen LogP contribution < -0.4 is 10.6 Å². The predicted molar refractivity (Wildman–Crippen MR) is 78.1 cm³/mol. The monoisotopic (exact) mass is 304 g/mol. The molecule has 0 bridgehead atoms. The zero-order chi connectivity index (χ0) is 15.7. The number of carbonyl (C=O) groups is 1. The molecule has 6 heteroatoms. The summed E-state index contributed by atoms with van der Waals surface area (Å²) in [5.41, 5.74) is 1.30. The van der Waals surface area contributed by atoms with Gasteiger partial charge in [0.15, 0.2) is 0 Å². The Morgan fingerprint density at radius 1 is 1.05 bits per heavy atom. The van der Waals surface area contributed by atoms with Gasteiger partial charge in [-0.25, -0.2) is 0 Å². The number of fused-ring (bicyclic) bond motifs is 1. The fourth-order valence-electron chi connectivity index (χ4n) is 2.22. The molecule has 0 aromatic heterocycles. The van der Waals surface area contributed by atoms with Crippen molar-refractivity contribution in [2.75, 3.05) is 10.6 Å². The number of halogens is 3. The molecule has 112 valence electrons. The van der Waals surface area contributed by atoms with Crippen LogP contribution in [-0.2, 0) is 11.0 Å². The highest BCUT2D eigenvalue weighted by Gasteiger charge is 2.30. The maximum atomic E-state index is 12.7. The lowest BCUT2D eigenvalue weighted by atomic mass is 10.1. The van der Waals surface area contributed by atoms with E-state index in [0.717, 1.165) is 12.1 Å². The van der Waals surface area contributed by atoms with Crippen LogP contribution in [0, 0.1) is 0 Å². The van der Waals surface area contributed by atoms with Crippen molar-refractivity contribution in [1.82, 2.24) is 0 Å². The first kappa shape index (κ1) is 14.2. The summed E-state index contributed by atoms with van der Waals surface area (Å²) < 4.78 is 38.0. The summed E-state index contributed by atoms with van der Waals surface area (Å²) in [6.07, 6.45) is -2.99. The van der Waals surface area contributed by atoms with Gasteiger partial charge in [-0.05, 0) is 24.3 Å². The van der Waals surface area contributed by atoms with Crippen molar-refractivity contribution in [3.05, 3.63) is 65.9 Å². The number of anilines is 2. The first-order chi connectivity index (χ1) is 10.4. The van der Waals surface area contributed by atoms with E-state index in [1.807, 2.05) is 0 Å². The molecule has 22 heavy (non-hydrogen) atoms. The van der Waals surface area contributed by atoms with Crippen molar-refractivity contribution < 1.29 is 18.0 Å². The molecule has 0 saturated carbocycles. The molecule has 0 saturated heterocycles. The molecule has 0 aliphatic carbocycles. The summed E-state index contributed by atoms with van der Waals surface area (Å²) in [6.45, 7) is 0. The minimum absolute atomic E-state index is 0.263. The summed E-state index contributed by atoms with van der Waals surface area (Å²) >= 11 is 0. The van der Waals surface area contributed by atoms with Gasteiger partial charge < -0.3 is 10.6 Å². The second-order valence-electron chi connectivity index (χ2n) is 4.78. The van der Waals surface area contributed by atoms with E-state index in [1.54, 1.807) is 24.3 Å². The highest BCUT2D eigenvalue weighted by Crippen LogP contribution is 2.32. The number of rotatable bonds is 2. The van der Waals surface area contributed by atoms with E-state index in [-0.39, 0.29) is 11.6 Å². The van der Waals surface area contributed by atoms with Crippen LogP contribution in [0.15, 0.2) is 54.7 Å². The number of para-hydroxylation sites is 1. The molecule has 0 unspecified atom stereocenters. The third-order valence-corrected chi connectivity index (χ3v) is 3.28. The molecule has 1 heterocycles. The Bertz CT molecular complexity index is 766. The molecular formula is C16H11F3N2O. The molecule has 1 aliphatic rings. The quantitative estimate of drug-likeness (QED) is 0.820. The predicted octanol–water partition coefficient (Wildman–Crippen LogP) is 4.11. The maximum absolute atomic E-state index is 12.7. The third-order valence-electron chi connectivity index (χ3n) is 3.28. The summed E-state index contributed by atoms with van der Waals surface area (Å²) in [6, 6.07) is 11.9. The molecule has 1 amide bonds. The third kappa shape index (κ3) is 2.67. The van der Waals surface area contributed by atoms with Crippen LogP contribution in [0.5, 0.6) is 0 Å². The molecule has 3 nitrogen and oxygen atoms in total. The number of alkyl halides is 3. The van der Waals surface area contributed by atoms with Gasteiger partial charge in [-0.1, -0.05) is 24.3 Å². The Kier molecular flexibility index (Phi) is 3.36. The van der Waals surface area contributed by atoms with Gasteiger partial charge in [0.1, 0.15) is 0 Å². The normalized spacial score (nSPS) is 15.6. The van der Waals surface area contributed by atoms with Crippen LogP contribution >= 0.6 is 0 Å². The molecule has 3 rings (SSSR count). The van der Waals surface area contributed by atoms with Gasteiger partial charge in [0.2, 0.25) is 0 Å². The van der Waals surface area contributed by atoms with Gasteiger partial charge in [-0.15, -0.1) is 0 Å². The van der Waals surface area contributed by atoms with Crippen LogP contribution in [0.4, 0.5) is 24.5 Å². The van der Waals surface area contributed by atoms with Crippen molar-refractivity contribution in [1.29, 1.82) is 0 Å². The molecule has 2 N–H and O–H groups in total. The van der Waals surface area contributed by atoms with Crippen molar-refractivity contribution in [3.8, 4) is 0 Å². The zero-order valence-corrected chi connectivity index (χ0v) is 11.2. The van der Waals surface area contributed by atoms with Gasteiger partial charge in [0, 0.05) is 23.1 Å².